The number of benzene rings is 1. The SMILES string of the molecule is CS(=O)NC1C=CC(CC2=CC3(CCNCC3)Cc3ccccc32)=CC1. The van der Waals surface area contributed by atoms with Gasteiger partial charge in [0.15, 0.2) is 0 Å². The fourth-order valence-electron chi connectivity index (χ4n) is 4.57. The van der Waals surface area contributed by atoms with Crippen LogP contribution in [0.3, 0.4) is 0 Å². The van der Waals surface area contributed by atoms with Crippen molar-refractivity contribution in [2.24, 2.45) is 5.41 Å². The number of piperidine rings is 1. The number of fused-ring (bicyclic) bond motifs is 1. The van der Waals surface area contributed by atoms with Crippen molar-refractivity contribution in [3.63, 3.8) is 0 Å². The predicted molar refractivity (Wildman–Crippen MR) is 110 cm³/mol. The minimum absolute atomic E-state index is 0.188. The Morgan fingerprint density at radius 2 is 2.08 bits per heavy atom. The van der Waals surface area contributed by atoms with Crippen molar-refractivity contribution >= 4 is 16.6 Å². The molecule has 3 aliphatic rings. The van der Waals surface area contributed by atoms with E-state index in [1.807, 2.05) is 0 Å². The minimum Gasteiger partial charge on any atom is -0.317 e. The quantitative estimate of drug-likeness (QED) is 0.854. The molecule has 0 aromatic heterocycles. The molecule has 1 aliphatic heterocycles. The third-order valence-corrected chi connectivity index (χ3v) is 6.51. The van der Waals surface area contributed by atoms with Gasteiger partial charge in [0.05, 0.1) is 11.0 Å². The van der Waals surface area contributed by atoms with Crippen molar-refractivity contribution in [2.45, 2.75) is 38.1 Å². The Bertz CT molecular complexity index is 787. The number of rotatable bonds is 4. The summed E-state index contributed by atoms with van der Waals surface area (Å²) in [6.45, 7) is 2.24. The van der Waals surface area contributed by atoms with Gasteiger partial charge in [-0.2, -0.15) is 0 Å². The van der Waals surface area contributed by atoms with Crippen LogP contribution >= 0.6 is 0 Å². The Morgan fingerprint density at radius 1 is 1.27 bits per heavy atom. The summed E-state index contributed by atoms with van der Waals surface area (Å²) in [6.07, 6.45) is 16.5. The first-order valence-corrected chi connectivity index (χ1v) is 11.2. The van der Waals surface area contributed by atoms with Crippen LogP contribution in [-0.2, 0) is 17.4 Å². The lowest BCUT2D eigenvalue weighted by Gasteiger charge is -2.40. The number of hydrogen-bond acceptors (Lipinski definition) is 2. The van der Waals surface area contributed by atoms with E-state index in [1.54, 1.807) is 6.26 Å². The van der Waals surface area contributed by atoms with Crippen LogP contribution in [0.15, 0.2) is 54.1 Å². The van der Waals surface area contributed by atoms with Gasteiger partial charge in [0, 0.05) is 12.3 Å². The summed E-state index contributed by atoms with van der Waals surface area (Å²) in [5.74, 6) is 0. The standard InChI is InChI=1S/C22H28N2OS/c1-26(25)24-20-8-6-17(7-9-20)14-19-16-22(10-12-23-13-11-22)15-18-4-2-3-5-21(18)19/h2-8,16,20,23-24H,9-15H2,1H3. The fraction of sp³-hybridized carbons (Fsp3) is 0.455. The molecule has 1 aromatic carbocycles. The maximum atomic E-state index is 11.4. The Kier molecular flexibility index (Phi) is 5.25. The van der Waals surface area contributed by atoms with Gasteiger partial charge in [-0.3, -0.25) is 0 Å². The maximum Gasteiger partial charge on any atom is 0.0889 e. The van der Waals surface area contributed by atoms with Crippen LogP contribution < -0.4 is 10.0 Å². The van der Waals surface area contributed by atoms with E-state index in [-0.39, 0.29) is 6.04 Å². The molecule has 0 saturated carbocycles. The largest absolute Gasteiger partial charge is 0.317 e. The second kappa shape index (κ2) is 7.63. The van der Waals surface area contributed by atoms with Crippen LogP contribution in [0.4, 0.5) is 0 Å². The predicted octanol–water partition coefficient (Wildman–Crippen LogP) is 3.52. The van der Waals surface area contributed by atoms with Crippen LogP contribution in [0.2, 0.25) is 0 Å². The van der Waals surface area contributed by atoms with Crippen molar-refractivity contribution in [1.82, 2.24) is 10.0 Å². The van der Waals surface area contributed by atoms with Gasteiger partial charge in [-0.1, -0.05) is 48.6 Å². The summed E-state index contributed by atoms with van der Waals surface area (Å²) >= 11 is 0. The van der Waals surface area contributed by atoms with Gasteiger partial charge < -0.3 is 5.32 Å². The molecule has 1 spiro atoms. The Labute approximate surface area is 159 Å². The van der Waals surface area contributed by atoms with Crippen LogP contribution in [-0.4, -0.2) is 29.6 Å². The molecule has 2 atom stereocenters. The fourth-order valence-corrected chi connectivity index (χ4v) is 5.17. The smallest absolute Gasteiger partial charge is 0.0889 e. The number of hydrogen-bond donors (Lipinski definition) is 2. The second-order valence-electron chi connectivity index (χ2n) is 7.84. The van der Waals surface area contributed by atoms with Crippen molar-refractivity contribution in [2.75, 3.05) is 19.3 Å². The Balaban J connectivity index is 1.57. The zero-order valence-corrected chi connectivity index (χ0v) is 16.3. The summed E-state index contributed by atoms with van der Waals surface area (Å²) in [7, 11) is -0.966. The van der Waals surface area contributed by atoms with Crippen LogP contribution in [0.5, 0.6) is 0 Å². The third-order valence-electron chi connectivity index (χ3n) is 5.87. The highest BCUT2D eigenvalue weighted by Gasteiger charge is 2.34. The highest BCUT2D eigenvalue weighted by Crippen LogP contribution is 2.44. The summed E-state index contributed by atoms with van der Waals surface area (Å²) in [6, 6.07) is 9.13. The van der Waals surface area contributed by atoms with Gasteiger partial charge in [-0.15, -0.1) is 0 Å². The molecule has 26 heavy (non-hydrogen) atoms. The molecule has 1 aromatic rings. The van der Waals surface area contributed by atoms with E-state index in [0.29, 0.717) is 5.41 Å². The summed E-state index contributed by atoms with van der Waals surface area (Å²) < 4.78 is 14.4. The summed E-state index contributed by atoms with van der Waals surface area (Å²) in [4.78, 5) is 0. The molecule has 1 fully saturated rings. The first kappa shape index (κ1) is 17.9. The van der Waals surface area contributed by atoms with Gasteiger partial charge in [0.2, 0.25) is 0 Å². The molecule has 2 unspecified atom stereocenters. The van der Waals surface area contributed by atoms with E-state index < -0.39 is 11.0 Å². The highest BCUT2D eigenvalue weighted by atomic mass is 32.2. The lowest BCUT2D eigenvalue weighted by Crippen LogP contribution is -2.38. The van der Waals surface area contributed by atoms with Crippen molar-refractivity contribution in [3.8, 4) is 0 Å². The number of allylic oxidation sites excluding steroid dienone is 4. The lowest BCUT2D eigenvalue weighted by molar-refractivity contribution is 0.268. The van der Waals surface area contributed by atoms with E-state index in [2.05, 4.69) is 58.6 Å². The molecular weight excluding hydrogens is 340 g/mol. The molecule has 0 bridgehead atoms. The molecule has 2 aliphatic carbocycles. The molecule has 3 nitrogen and oxygen atoms in total. The van der Waals surface area contributed by atoms with Gasteiger partial charge in [-0.05, 0) is 72.9 Å². The van der Waals surface area contributed by atoms with Gasteiger partial charge in [0.1, 0.15) is 0 Å². The molecule has 0 radical (unpaired) electrons. The zero-order chi connectivity index (χ0) is 18.0. The van der Waals surface area contributed by atoms with E-state index >= 15 is 0 Å². The van der Waals surface area contributed by atoms with Crippen LogP contribution in [0.1, 0.15) is 36.8 Å². The summed E-state index contributed by atoms with van der Waals surface area (Å²) in [5.41, 5.74) is 6.12. The van der Waals surface area contributed by atoms with Crippen LogP contribution in [0, 0.1) is 5.41 Å². The first-order chi connectivity index (χ1) is 12.6. The summed E-state index contributed by atoms with van der Waals surface area (Å²) in [5, 5.41) is 3.51. The van der Waals surface area contributed by atoms with Gasteiger partial charge >= 0.3 is 0 Å². The van der Waals surface area contributed by atoms with E-state index in [9.17, 15) is 4.21 Å². The molecule has 4 rings (SSSR count). The topological polar surface area (TPSA) is 41.1 Å². The van der Waals surface area contributed by atoms with E-state index in [0.717, 1.165) is 25.9 Å². The second-order valence-corrected chi connectivity index (χ2v) is 8.99. The average molecular weight is 369 g/mol. The Hall–Kier alpha value is -1.49. The molecule has 0 amide bonds. The molecule has 138 valence electrons. The molecule has 1 saturated heterocycles. The van der Waals surface area contributed by atoms with E-state index in [4.69, 9.17) is 0 Å². The highest BCUT2D eigenvalue weighted by molar-refractivity contribution is 7.82. The van der Waals surface area contributed by atoms with Crippen molar-refractivity contribution in [3.05, 3.63) is 65.3 Å². The number of nitrogens with one attached hydrogen (secondary N) is 2. The van der Waals surface area contributed by atoms with Gasteiger partial charge in [0.25, 0.3) is 0 Å². The molecular formula is C22H28N2OS. The van der Waals surface area contributed by atoms with Gasteiger partial charge in [-0.25, -0.2) is 8.93 Å². The van der Waals surface area contributed by atoms with Crippen molar-refractivity contribution in [1.29, 1.82) is 0 Å². The van der Waals surface area contributed by atoms with Crippen LogP contribution in [0.25, 0.3) is 5.57 Å². The first-order valence-electron chi connectivity index (χ1n) is 9.61. The molecule has 2 N–H and O–H groups in total. The zero-order valence-electron chi connectivity index (χ0n) is 15.5. The maximum absolute atomic E-state index is 11.4. The minimum atomic E-state index is -0.966. The van der Waals surface area contributed by atoms with E-state index in [1.165, 1.54) is 41.5 Å². The lowest BCUT2D eigenvalue weighted by atomic mass is 9.67. The normalized spacial score (nSPS) is 25.3. The monoisotopic (exact) mass is 368 g/mol. The van der Waals surface area contributed by atoms with Crippen molar-refractivity contribution < 1.29 is 4.21 Å². The molecule has 1 heterocycles. The molecule has 4 heteroatoms. The Morgan fingerprint density at radius 3 is 2.81 bits per heavy atom. The third kappa shape index (κ3) is 3.93. The average Bonchev–Trinajstić information content (AvgIpc) is 2.63.